The van der Waals surface area contributed by atoms with Crippen molar-refractivity contribution in [2.45, 2.75) is 38.7 Å². The van der Waals surface area contributed by atoms with Crippen LogP contribution < -0.4 is 4.74 Å². The van der Waals surface area contributed by atoms with Crippen molar-refractivity contribution in [2.75, 3.05) is 6.61 Å². The number of unbranched alkanes of at least 4 members (excludes halogenated alkanes) is 2. The summed E-state index contributed by atoms with van der Waals surface area (Å²) in [6.07, 6.45) is 2.69. The van der Waals surface area contributed by atoms with Crippen molar-refractivity contribution in [3.63, 3.8) is 0 Å². The molecule has 0 saturated carbocycles. The Balaban J connectivity index is 2.33. The van der Waals surface area contributed by atoms with Crippen LogP contribution in [0.15, 0.2) is 24.3 Å². The van der Waals surface area contributed by atoms with Gasteiger partial charge >= 0.3 is 0 Å². The Hall–Kier alpha value is -1.53. The quantitative estimate of drug-likeness (QED) is 0.736. The Morgan fingerprint density at radius 3 is 2.59 bits per heavy atom. The zero-order valence-corrected chi connectivity index (χ0v) is 10.2. The molecule has 0 saturated heterocycles. The van der Waals surface area contributed by atoms with E-state index in [9.17, 15) is 5.11 Å². The van der Waals surface area contributed by atoms with E-state index in [-0.39, 0.29) is 6.10 Å². The zero-order chi connectivity index (χ0) is 12.5. The Kier molecular flexibility index (Phi) is 6.13. The normalized spacial score (nSPS) is 11.8. The van der Waals surface area contributed by atoms with Gasteiger partial charge in [-0.05, 0) is 37.0 Å². The van der Waals surface area contributed by atoms with Gasteiger partial charge in [-0.25, -0.2) is 0 Å². The number of benzene rings is 1. The van der Waals surface area contributed by atoms with Crippen LogP contribution in [0.4, 0.5) is 0 Å². The third-order valence-electron chi connectivity index (χ3n) is 2.60. The second kappa shape index (κ2) is 7.70. The maximum atomic E-state index is 9.62. The molecule has 0 aliphatic rings. The number of nitriles is 1. The molecule has 0 aliphatic heterocycles. The molecule has 0 aromatic heterocycles. The summed E-state index contributed by atoms with van der Waals surface area (Å²) in [5.41, 5.74) is 0.921. The number of hydrogen-bond donors (Lipinski definition) is 1. The lowest BCUT2D eigenvalue weighted by Gasteiger charge is -2.09. The van der Waals surface area contributed by atoms with Gasteiger partial charge in [0.15, 0.2) is 0 Å². The molecule has 0 amide bonds. The van der Waals surface area contributed by atoms with E-state index < -0.39 is 0 Å². The summed E-state index contributed by atoms with van der Waals surface area (Å²) in [5.74, 6) is 0.814. The summed E-state index contributed by atoms with van der Waals surface area (Å²) in [6.45, 7) is 2.58. The van der Waals surface area contributed by atoms with Gasteiger partial charge in [-0.1, -0.05) is 19.1 Å². The Morgan fingerprint density at radius 1 is 1.29 bits per heavy atom. The molecule has 1 aromatic carbocycles. The second-order valence-electron chi connectivity index (χ2n) is 3.96. The van der Waals surface area contributed by atoms with Crippen LogP contribution in [-0.2, 0) is 0 Å². The second-order valence-corrected chi connectivity index (χ2v) is 3.96. The van der Waals surface area contributed by atoms with Crippen LogP contribution in [0.1, 0.15) is 44.3 Å². The van der Waals surface area contributed by atoms with Gasteiger partial charge in [-0.2, -0.15) is 5.26 Å². The third-order valence-corrected chi connectivity index (χ3v) is 2.60. The highest BCUT2D eigenvalue weighted by Crippen LogP contribution is 2.19. The van der Waals surface area contributed by atoms with E-state index in [0.29, 0.717) is 19.4 Å². The number of ether oxygens (including phenoxy) is 1. The van der Waals surface area contributed by atoms with Crippen LogP contribution in [-0.4, -0.2) is 11.7 Å². The number of nitrogens with zero attached hydrogens (tertiary/aromatic N) is 1. The molecular weight excluding hydrogens is 214 g/mol. The van der Waals surface area contributed by atoms with Crippen molar-refractivity contribution in [1.82, 2.24) is 0 Å². The molecule has 3 nitrogen and oxygen atoms in total. The van der Waals surface area contributed by atoms with E-state index >= 15 is 0 Å². The van der Waals surface area contributed by atoms with Crippen molar-refractivity contribution in [2.24, 2.45) is 0 Å². The number of hydrogen-bond acceptors (Lipinski definition) is 3. The fourth-order valence-corrected chi connectivity index (χ4v) is 1.52. The molecule has 1 atom stereocenters. The van der Waals surface area contributed by atoms with E-state index in [2.05, 4.69) is 6.07 Å². The zero-order valence-electron chi connectivity index (χ0n) is 10.2. The van der Waals surface area contributed by atoms with Gasteiger partial charge < -0.3 is 9.84 Å². The first-order valence-electron chi connectivity index (χ1n) is 6.05. The van der Waals surface area contributed by atoms with E-state index in [0.717, 1.165) is 24.2 Å². The fourth-order valence-electron chi connectivity index (χ4n) is 1.52. The van der Waals surface area contributed by atoms with Crippen molar-refractivity contribution < 1.29 is 9.84 Å². The van der Waals surface area contributed by atoms with Gasteiger partial charge in [-0.3, -0.25) is 0 Å². The smallest absolute Gasteiger partial charge is 0.119 e. The first kappa shape index (κ1) is 13.5. The van der Waals surface area contributed by atoms with Gasteiger partial charge in [0.05, 0.1) is 18.8 Å². The molecule has 0 heterocycles. The molecule has 0 spiro atoms. The predicted octanol–water partition coefficient (Wildman–Crippen LogP) is 3.20. The summed E-state index contributed by atoms with van der Waals surface area (Å²) in [5, 5.41) is 18.0. The van der Waals surface area contributed by atoms with Gasteiger partial charge in [0.2, 0.25) is 0 Å². The standard InChI is InChI=1S/C14H19NO2/c1-2-14(16)12-6-8-13(9-7-12)17-11-5-3-4-10-15/h6-9,14,16H,2-5,11H2,1H3/t14-/m1/s1. The highest BCUT2D eigenvalue weighted by atomic mass is 16.5. The van der Waals surface area contributed by atoms with Crippen molar-refractivity contribution in [1.29, 1.82) is 5.26 Å². The van der Waals surface area contributed by atoms with E-state index in [1.54, 1.807) is 0 Å². The minimum absolute atomic E-state index is 0.389. The molecule has 0 bridgehead atoms. The van der Waals surface area contributed by atoms with Crippen molar-refractivity contribution in [3.8, 4) is 11.8 Å². The average molecular weight is 233 g/mol. The Bertz CT molecular complexity index is 353. The van der Waals surface area contributed by atoms with Gasteiger partial charge in [0.25, 0.3) is 0 Å². The lowest BCUT2D eigenvalue weighted by molar-refractivity contribution is 0.173. The molecule has 3 heteroatoms. The largest absolute Gasteiger partial charge is 0.494 e. The van der Waals surface area contributed by atoms with Gasteiger partial charge in [-0.15, -0.1) is 0 Å². The summed E-state index contributed by atoms with van der Waals surface area (Å²) >= 11 is 0. The predicted molar refractivity (Wildman–Crippen MR) is 66.7 cm³/mol. The number of aliphatic hydroxyl groups is 1. The van der Waals surface area contributed by atoms with Crippen molar-refractivity contribution >= 4 is 0 Å². The molecule has 0 aliphatic carbocycles. The molecule has 17 heavy (non-hydrogen) atoms. The lowest BCUT2D eigenvalue weighted by atomic mass is 10.1. The van der Waals surface area contributed by atoms with Crippen LogP contribution in [0.2, 0.25) is 0 Å². The van der Waals surface area contributed by atoms with E-state index in [4.69, 9.17) is 10.00 Å². The SMILES string of the molecule is CC[C@@H](O)c1ccc(OCCCCC#N)cc1. The molecule has 0 unspecified atom stereocenters. The minimum atomic E-state index is -0.389. The van der Waals surface area contributed by atoms with Gasteiger partial charge in [0, 0.05) is 6.42 Å². The molecule has 0 radical (unpaired) electrons. The van der Waals surface area contributed by atoms with Crippen LogP contribution in [0.25, 0.3) is 0 Å². The first-order chi connectivity index (χ1) is 8.27. The summed E-state index contributed by atoms with van der Waals surface area (Å²) in [4.78, 5) is 0. The highest BCUT2D eigenvalue weighted by molar-refractivity contribution is 5.28. The molecule has 1 N–H and O–H groups in total. The van der Waals surface area contributed by atoms with Crippen molar-refractivity contribution in [3.05, 3.63) is 29.8 Å². The lowest BCUT2D eigenvalue weighted by Crippen LogP contribution is -1.98. The van der Waals surface area contributed by atoms with Crippen LogP contribution in [0.5, 0.6) is 5.75 Å². The van der Waals surface area contributed by atoms with Gasteiger partial charge in [0.1, 0.15) is 5.75 Å². The minimum Gasteiger partial charge on any atom is -0.494 e. The summed E-state index contributed by atoms with van der Waals surface area (Å²) in [6, 6.07) is 9.63. The Morgan fingerprint density at radius 2 is 2.00 bits per heavy atom. The Labute approximate surface area is 103 Å². The van der Waals surface area contributed by atoms with Crippen LogP contribution in [0.3, 0.4) is 0 Å². The van der Waals surface area contributed by atoms with Crippen LogP contribution >= 0.6 is 0 Å². The maximum absolute atomic E-state index is 9.62. The molecular formula is C14H19NO2. The third kappa shape index (κ3) is 4.88. The molecule has 92 valence electrons. The monoisotopic (exact) mass is 233 g/mol. The molecule has 1 aromatic rings. The molecule has 0 fully saturated rings. The fraction of sp³-hybridized carbons (Fsp3) is 0.500. The summed E-state index contributed by atoms with van der Waals surface area (Å²) in [7, 11) is 0. The van der Waals surface area contributed by atoms with Crippen LogP contribution in [0, 0.1) is 11.3 Å². The highest BCUT2D eigenvalue weighted by Gasteiger charge is 2.04. The topological polar surface area (TPSA) is 53.2 Å². The first-order valence-corrected chi connectivity index (χ1v) is 6.05. The van der Waals surface area contributed by atoms with E-state index in [1.807, 2.05) is 31.2 Å². The summed E-state index contributed by atoms with van der Waals surface area (Å²) < 4.78 is 5.53. The van der Waals surface area contributed by atoms with E-state index in [1.165, 1.54) is 0 Å². The molecule has 1 rings (SSSR count). The average Bonchev–Trinajstić information content (AvgIpc) is 2.38. The maximum Gasteiger partial charge on any atom is 0.119 e. The number of rotatable bonds is 7. The number of aliphatic hydroxyl groups excluding tert-OH is 1.